The van der Waals surface area contributed by atoms with Gasteiger partial charge in [0.1, 0.15) is 30.3 Å². The van der Waals surface area contributed by atoms with Gasteiger partial charge in [-0.25, -0.2) is 4.79 Å². The van der Waals surface area contributed by atoms with Crippen molar-refractivity contribution in [2.24, 2.45) is 0 Å². The zero-order valence-electron chi connectivity index (χ0n) is 18.1. The molecule has 2 aliphatic rings. The molecule has 0 saturated carbocycles. The summed E-state index contributed by atoms with van der Waals surface area (Å²) in [6.45, 7) is 7.38. The number of methoxy groups -OCH3 is 1. The standard InChI is InChI=1S/C23H31NO6/c1-15(7-9-19(25)29-13-12-24-10-4-5-11-24)6-8-17-21(26)20-18(14-30-23(20)27)16(2)22(17)28-3/h6,26H,4-5,7-14H2,1-3H3/b15-6+. The number of esters is 2. The summed E-state index contributed by atoms with van der Waals surface area (Å²) in [5.41, 5.74) is 3.28. The molecule has 7 heteroatoms. The number of carbonyl (C=O) groups excluding carboxylic acids is 2. The average molecular weight is 418 g/mol. The molecule has 1 saturated heterocycles. The Hall–Kier alpha value is -2.54. The number of phenols is 1. The summed E-state index contributed by atoms with van der Waals surface area (Å²) in [6.07, 6.45) is 5.69. The summed E-state index contributed by atoms with van der Waals surface area (Å²) in [4.78, 5) is 26.3. The van der Waals surface area contributed by atoms with E-state index in [0.29, 0.717) is 42.7 Å². The van der Waals surface area contributed by atoms with Gasteiger partial charge in [-0.15, -0.1) is 0 Å². The number of fused-ring (bicyclic) bond motifs is 1. The molecular formula is C23H31NO6. The van der Waals surface area contributed by atoms with Crippen molar-refractivity contribution in [3.8, 4) is 11.5 Å². The molecular weight excluding hydrogens is 386 g/mol. The normalized spacial score (nSPS) is 16.5. The summed E-state index contributed by atoms with van der Waals surface area (Å²) >= 11 is 0. The lowest BCUT2D eigenvalue weighted by Gasteiger charge is -2.16. The molecule has 0 amide bonds. The second-order valence-corrected chi connectivity index (χ2v) is 7.94. The molecule has 0 aliphatic carbocycles. The van der Waals surface area contributed by atoms with Gasteiger partial charge in [0.05, 0.1) is 7.11 Å². The predicted octanol–water partition coefficient (Wildman–Crippen LogP) is 3.29. The number of cyclic esters (lactones) is 1. The summed E-state index contributed by atoms with van der Waals surface area (Å²) < 4.78 is 15.9. The van der Waals surface area contributed by atoms with Crippen LogP contribution in [0.2, 0.25) is 0 Å². The van der Waals surface area contributed by atoms with Gasteiger partial charge < -0.3 is 19.3 Å². The van der Waals surface area contributed by atoms with Crippen molar-refractivity contribution < 1.29 is 28.9 Å². The van der Waals surface area contributed by atoms with E-state index in [9.17, 15) is 14.7 Å². The van der Waals surface area contributed by atoms with E-state index in [4.69, 9.17) is 14.2 Å². The molecule has 30 heavy (non-hydrogen) atoms. The van der Waals surface area contributed by atoms with Crippen LogP contribution < -0.4 is 4.74 Å². The Balaban J connectivity index is 1.56. The van der Waals surface area contributed by atoms with E-state index in [-0.39, 0.29) is 23.9 Å². The molecule has 164 valence electrons. The zero-order valence-corrected chi connectivity index (χ0v) is 18.1. The molecule has 7 nitrogen and oxygen atoms in total. The van der Waals surface area contributed by atoms with E-state index in [1.54, 1.807) is 7.11 Å². The van der Waals surface area contributed by atoms with Gasteiger partial charge in [-0.05, 0) is 58.2 Å². The SMILES string of the molecule is COc1c(C)c2c(c(O)c1C/C=C(\C)CCC(=O)OCCN1CCCC1)C(=O)OC2. The van der Waals surface area contributed by atoms with E-state index in [2.05, 4.69) is 4.90 Å². The van der Waals surface area contributed by atoms with Crippen molar-refractivity contribution in [2.45, 2.75) is 52.6 Å². The summed E-state index contributed by atoms with van der Waals surface area (Å²) in [5, 5.41) is 10.6. The van der Waals surface area contributed by atoms with Gasteiger partial charge in [0.25, 0.3) is 0 Å². The maximum Gasteiger partial charge on any atom is 0.342 e. The smallest absolute Gasteiger partial charge is 0.342 e. The maximum absolute atomic E-state index is 12.0. The average Bonchev–Trinajstić information content (AvgIpc) is 3.38. The molecule has 0 aromatic heterocycles. The minimum Gasteiger partial charge on any atom is -0.507 e. The quantitative estimate of drug-likeness (QED) is 0.487. The van der Waals surface area contributed by atoms with Crippen LogP contribution in [0.4, 0.5) is 0 Å². The topological polar surface area (TPSA) is 85.3 Å². The van der Waals surface area contributed by atoms with E-state index < -0.39 is 5.97 Å². The van der Waals surface area contributed by atoms with E-state index >= 15 is 0 Å². The third kappa shape index (κ3) is 4.95. The van der Waals surface area contributed by atoms with Gasteiger partial charge in [-0.3, -0.25) is 9.69 Å². The molecule has 0 unspecified atom stereocenters. The number of phenolic OH excluding ortho intramolecular Hbond substituents is 1. The first kappa shape index (κ1) is 22.2. The first-order chi connectivity index (χ1) is 14.4. The lowest BCUT2D eigenvalue weighted by atomic mass is 9.94. The highest BCUT2D eigenvalue weighted by Crippen LogP contribution is 2.42. The Morgan fingerprint density at radius 2 is 2.00 bits per heavy atom. The molecule has 0 atom stereocenters. The number of rotatable bonds is 9. The molecule has 1 aromatic rings. The minimum atomic E-state index is -0.508. The molecule has 1 fully saturated rings. The highest BCUT2D eigenvalue weighted by atomic mass is 16.5. The van der Waals surface area contributed by atoms with Crippen LogP contribution in [-0.2, 0) is 27.3 Å². The van der Waals surface area contributed by atoms with Crippen molar-refractivity contribution in [3.63, 3.8) is 0 Å². The lowest BCUT2D eigenvalue weighted by molar-refractivity contribution is -0.143. The van der Waals surface area contributed by atoms with Crippen molar-refractivity contribution in [3.05, 3.63) is 33.9 Å². The van der Waals surface area contributed by atoms with Gasteiger partial charge in [0.2, 0.25) is 0 Å². The van der Waals surface area contributed by atoms with Crippen molar-refractivity contribution >= 4 is 11.9 Å². The highest BCUT2D eigenvalue weighted by Gasteiger charge is 2.31. The Bertz CT molecular complexity index is 839. The fourth-order valence-corrected chi connectivity index (χ4v) is 4.07. The number of nitrogens with zero attached hydrogens (tertiary/aromatic N) is 1. The van der Waals surface area contributed by atoms with E-state index in [1.807, 2.05) is 19.9 Å². The minimum absolute atomic E-state index is 0.0830. The number of likely N-dealkylation sites (tertiary alicyclic amines) is 1. The molecule has 0 bridgehead atoms. The first-order valence-electron chi connectivity index (χ1n) is 10.5. The third-order valence-corrected chi connectivity index (χ3v) is 5.89. The van der Waals surface area contributed by atoms with E-state index in [0.717, 1.165) is 30.8 Å². The summed E-state index contributed by atoms with van der Waals surface area (Å²) in [6, 6.07) is 0. The molecule has 0 spiro atoms. The van der Waals surface area contributed by atoms with Crippen molar-refractivity contribution in [2.75, 3.05) is 33.4 Å². The van der Waals surface area contributed by atoms with Crippen LogP contribution in [0.25, 0.3) is 0 Å². The van der Waals surface area contributed by atoms with Crippen molar-refractivity contribution in [1.82, 2.24) is 4.90 Å². The van der Waals surface area contributed by atoms with Crippen LogP contribution >= 0.6 is 0 Å². The van der Waals surface area contributed by atoms with Crippen LogP contribution in [0.3, 0.4) is 0 Å². The van der Waals surface area contributed by atoms with Crippen molar-refractivity contribution in [1.29, 1.82) is 0 Å². The summed E-state index contributed by atoms with van der Waals surface area (Å²) in [7, 11) is 1.55. The number of carbonyl (C=O) groups is 2. The molecule has 3 rings (SSSR count). The fraction of sp³-hybridized carbons (Fsp3) is 0.565. The number of hydrogen-bond donors (Lipinski definition) is 1. The third-order valence-electron chi connectivity index (χ3n) is 5.89. The van der Waals surface area contributed by atoms with Gasteiger partial charge in [-0.1, -0.05) is 11.6 Å². The summed E-state index contributed by atoms with van der Waals surface area (Å²) in [5.74, 6) is -0.222. The number of ether oxygens (including phenoxy) is 3. The molecule has 1 N–H and O–H groups in total. The van der Waals surface area contributed by atoms with E-state index in [1.165, 1.54) is 12.8 Å². The zero-order chi connectivity index (χ0) is 21.7. The van der Waals surface area contributed by atoms with Gasteiger partial charge >= 0.3 is 11.9 Å². The van der Waals surface area contributed by atoms with Gasteiger partial charge in [0, 0.05) is 24.1 Å². The molecule has 0 radical (unpaired) electrons. The molecule has 2 heterocycles. The number of aromatic hydroxyl groups is 1. The Kier molecular flexibility index (Phi) is 7.37. The first-order valence-corrected chi connectivity index (χ1v) is 10.5. The number of benzene rings is 1. The molecule has 1 aromatic carbocycles. The number of allylic oxidation sites excluding steroid dienone is 2. The maximum atomic E-state index is 12.0. The van der Waals surface area contributed by atoms with Gasteiger partial charge in [-0.2, -0.15) is 0 Å². The Morgan fingerprint density at radius 1 is 1.27 bits per heavy atom. The second kappa shape index (κ2) is 9.98. The Labute approximate surface area is 177 Å². The Morgan fingerprint density at radius 3 is 2.70 bits per heavy atom. The lowest BCUT2D eigenvalue weighted by Crippen LogP contribution is -2.25. The van der Waals surface area contributed by atoms with Crippen LogP contribution in [0.5, 0.6) is 11.5 Å². The predicted molar refractivity (Wildman–Crippen MR) is 112 cm³/mol. The van der Waals surface area contributed by atoms with Crippen LogP contribution in [0, 0.1) is 6.92 Å². The van der Waals surface area contributed by atoms with Crippen LogP contribution in [-0.4, -0.2) is 55.3 Å². The highest BCUT2D eigenvalue weighted by molar-refractivity contribution is 5.98. The monoisotopic (exact) mass is 417 g/mol. The van der Waals surface area contributed by atoms with Gasteiger partial charge in [0.15, 0.2) is 0 Å². The largest absolute Gasteiger partial charge is 0.507 e. The molecule has 2 aliphatic heterocycles. The number of hydrogen-bond acceptors (Lipinski definition) is 7. The second-order valence-electron chi connectivity index (χ2n) is 7.94. The van der Waals surface area contributed by atoms with Crippen LogP contribution in [0.15, 0.2) is 11.6 Å². The van der Waals surface area contributed by atoms with Crippen LogP contribution in [0.1, 0.15) is 59.7 Å². The fourth-order valence-electron chi connectivity index (χ4n) is 4.07.